The van der Waals surface area contributed by atoms with E-state index in [0.717, 1.165) is 24.3 Å². The van der Waals surface area contributed by atoms with Gasteiger partial charge in [0.25, 0.3) is 0 Å². The first-order chi connectivity index (χ1) is 10.2. The lowest BCUT2D eigenvalue weighted by Gasteiger charge is -2.29. The molecule has 1 aliphatic rings. The molecule has 116 valence electrons. The second-order valence-corrected chi connectivity index (χ2v) is 6.91. The van der Waals surface area contributed by atoms with Crippen LogP contribution in [0.2, 0.25) is 0 Å². The molecule has 0 aliphatic carbocycles. The maximum atomic E-state index is 12.7. The molecular formula is C17H26N2OS. The van der Waals surface area contributed by atoms with Crippen molar-refractivity contribution < 1.29 is 4.79 Å². The Kier molecular flexibility index (Phi) is 6.12. The monoisotopic (exact) mass is 306 g/mol. The highest BCUT2D eigenvalue weighted by molar-refractivity contribution is 7.99. The predicted octanol–water partition coefficient (Wildman–Crippen LogP) is 2.91. The Morgan fingerprint density at radius 3 is 2.62 bits per heavy atom. The molecule has 3 unspecified atom stereocenters. The van der Waals surface area contributed by atoms with Crippen molar-refractivity contribution in [3.05, 3.63) is 35.9 Å². The molecule has 1 fully saturated rings. The van der Waals surface area contributed by atoms with Crippen molar-refractivity contribution >= 4 is 17.7 Å². The van der Waals surface area contributed by atoms with Gasteiger partial charge in [-0.15, -0.1) is 0 Å². The molecule has 2 rings (SSSR count). The van der Waals surface area contributed by atoms with Gasteiger partial charge in [-0.2, -0.15) is 11.8 Å². The van der Waals surface area contributed by atoms with Crippen LogP contribution in [0.5, 0.6) is 0 Å². The third-order valence-corrected chi connectivity index (χ3v) is 5.12. The third kappa shape index (κ3) is 4.01. The van der Waals surface area contributed by atoms with Gasteiger partial charge in [0.1, 0.15) is 0 Å². The summed E-state index contributed by atoms with van der Waals surface area (Å²) in [5.41, 5.74) is 1.22. The summed E-state index contributed by atoms with van der Waals surface area (Å²) in [6, 6.07) is 10.5. The topological polar surface area (TPSA) is 32.3 Å². The number of nitrogens with one attached hydrogen (secondary N) is 1. The molecule has 1 heterocycles. The zero-order chi connectivity index (χ0) is 15.2. The second-order valence-electron chi connectivity index (χ2n) is 5.59. The van der Waals surface area contributed by atoms with Crippen molar-refractivity contribution in [1.29, 1.82) is 0 Å². The molecule has 4 heteroatoms. The van der Waals surface area contributed by atoms with Crippen LogP contribution in [0.3, 0.4) is 0 Å². The average Bonchev–Trinajstić information content (AvgIpc) is 2.82. The van der Waals surface area contributed by atoms with Crippen LogP contribution < -0.4 is 5.32 Å². The number of thioether (sulfide) groups is 1. The van der Waals surface area contributed by atoms with Gasteiger partial charge in [0, 0.05) is 11.8 Å². The van der Waals surface area contributed by atoms with Gasteiger partial charge in [-0.05, 0) is 31.1 Å². The van der Waals surface area contributed by atoms with E-state index in [1.165, 1.54) is 5.56 Å². The van der Waals surface area contributed by atoms with E-state index in [1.54, 1.807) is 0 Å². The fourth-order valence-corrected chi connectivity index (χ4v) is 3.66. The molecule has 0 spiro atoms. The van der Waals surface area contributed by atoms with Crippen LogP contribution in [-0.2, 0) is 11.2 Å². The number of hydrogen-bond donors (Lipinski definition) is 1. The first-order valence-corrected chi connectivity index (χ1v) is 9.02. The number of rotatable bonds is 7. The molecule has 3 nitrogen and oxygen atoms in total. The molecule has 0 bridgehead atoms. The Morgan fingerprint density at radius 2 is 2.00 bits per heavy atom. The Hall–Kier alpha value is -1.00. The number of carbonyl (C=O) groups is 1. The summed E-state index contributed by atoms with van der Waals surface area (Å²) in [6.07, 6.45) is 1.91. The predicted molar refractivity (Wildman–Crippen MR) is 90.5 cm³/mol. The van der Waals surface area contributed by atoms with Gasteiger partial charge in [-0.1, -0.05) is 44.2 Å². The zero-order valence-corrected chi connectivity index (χ0v) is 14.0. The van der Waals surface area contributed by atoms with E-state index in [0.29, 0.717) is 6.04 Å². The SMILES string of the molecule is CCSCC(C)N1C(=O)C(Cc2ccccc2)NC1CC. The Morgan fingerprint density at radius 1 is 1.29 bits per heavy atom. The largest absolute Gasteiger partial charge is 0.322 e. The molecule has 21 heavy (non-hydrogen) atoms. The summed E-state index contributed by atoms with van der Waals surface area (Å²) < 4.78 is 0. The maximum Gasteiger partial charge on any atom is 0.241 e. The minimum Gasteiger partial charge on any atom is -0.322 e. The van der Waals surface area contributed by atoms with Gasteiger partial charge in [0.05, 0.1) is 12.2 Å². The highest BCUT2D eigenvalue weighted by Gasteiger charge is 2.39. The normalized spacial score (nSPS) is 23.6. The van der Waals surface area contributed by atoms with Crippen LogP contribution in [0.4, 0.5) is 0 Å². The molecular weight excluding hydrogens is 280 g/mol. The van der Waals surface area contributed by atoms with Crippen LogP contribution in [0.1, 0.15) is 32.8 Å². The summed E-state index contributed by atoms with van der Waals surface area (Å²) in [4.78, 5) is 14.8. The van der Waals surface area contributed by atoms with E-state index in [4.69, 9.17) is 0 Å². The first-order valence-electron chi connectivity index (χ1n) is 7.87. The second kappa shape index (κ2) is 7.85. The van der Waals surface area contributed by atoms with Crippen molar-refractivity contribution in [2.45, 2.75) is 51.9 Å². The molecule has 1 saturated heterocycles. The van der Waals surface area contributed by atoms with Crippen LogP contribution >= 0.6 is 11.8 Å². The Labute approximate surface area is 132 Å². The minimum atomic E-state index is -0.0774. The molecule has 1 aliphatic heterocycles. The molecule has 0 radical (unpaired) electrons. The molecule has 1 N–H and O–H groups in total. The van der Waals surface area contributed by atoms with E-state index in [9.17, 15) is 4.79 Å². The Balaban J connectivity index is 2.04. The molecule has 3 atom stereocenters. The third-order valence-electron chi connectivity index (χ3n) is 3.99. The smallest absolute Gasteiger partial charge is 0.241 e. The molecule has 0 aromatic heterocycles. The van der Waals surface area contributed by atoms with E-state index < -0.39 is 0 Å². The van der Waals surface area contributed by atoms with Gasteiger partial charge in [0.2, 0.25) is 5.91 Å². The van der Waals surface area contributed by atoms with Gasteiger partial charge in [0.15, 0.2) is 0 Å². The summed E-state index contributed by atoms with van der Waals surface area (Å²) in [5, 5.41) is 3.51. The lowest BCUT2D eigenvalue weighted by Crippen LogP contribution is -2.44. The highest BCUT2D eigenvalue weighted by Crippen LogP contribution is 2.21. The standard InChI is InChI=1S/C17H26N2OS/c1-4-16-18-15(11-14-9-7-6-8-10-14)17(20)19(16)13(3)12-21-5-2/h6-10,13,15-16,18H,4-5,11-12H2,1-3H3. The Bertz CT molecular complexity index is 451. The summed E-state index contributed by atoms with van der Waals surface area (Å²) in [6.45, 7) is 6.47. The summed E-state index contributed by atoms with van der Waals surface area (Å²) in [7, 11) is 0. The van der Waals surface area contributed by atoms with Crippen LogP contribution in [0.25, 0.3) is 0 Å². The van der Waals surface area contributed by atoms with E-state index >= 15 is 0 Å². The molecule has 1 amide bonds. The summed E-state index contributed by atoms with van der Waals surface area (Å²) >= 11 is 1.90. The molecule has 0 saturated carbocycles. The minimum absolute atomic E-state index is 0.0774. The van der Waals surface area contributed by atoms with Crippen molar-refractivity contribution in [3.63, 3.8) is 0 Å². The van der Waals surface area contributed by atoms with Crippen LogP contribution in [0.15, 0.2) is 30.3 Å². The first kappa shape index (κ1) is 16.4. The van der Waals surface area contributed by atoms with Crippen molar-refractivity contribution in [2.75, 3.05) is 11.5 Å². The van der Waals surface area contributed by atoms with Gasteiger partial charge in [-0.3, -0.25) is 10.1 Å². The molecule has 1 aromatic rings. The zero-order valence-electron chi connectivity index (χ0n) is 13.2. The average molecular weight is 306 g/mol. The summed E-state index contributed by atoms with van der Waals surface area (Å²) in [5.74, 6) is 2.37. The van der Waals surface area contributed by atoms with Gasteiger partial charge >= 0.3 is 0 Å². The van der Waals surface area contributed by atoms with Gasteiger partial charge < -0.3 is 4.90 Å². The number of nitrogens with zero attached hydrogens (tertiary/aromatic N) is 1. The van der Waals surface area contributed by atoms with Gasteiger partial charge in [-0.25, -0.2) is 0 Å². The fourth-order valence-electron chi connectivity index (χ4n) is 2.92. The lowest BCUT2D eigenvalue weighted by atomic mass is 10.1. The lowest BCUT2D eigenvalue weighted by molar-refractivity contribution is -0.131. The van der Waals surface area contributed by atoms with E-state index in [1.807, 2.05) is 30.0 Å². The maximum absolute atomic E-state index is 12.7. The van der Waals surface area contributed by atoms with E-state index in [2.05, 4.69) is 43.1 Å². The molecule has 1 aromatic carbocycles. The number of amides is 1. The van der Waals surface area contributed by atoms with E-state index in [-0.39, 0.29) is 18.1 Å². The number of hydrogen-bond acceptors (Lipinski definition) is 3. The number of benzene rings is 1. The quantitative estimate of drug-likeness (QED) is 0.840. The van der Waals surface area contributed by atoms with Crippen molar-refractivity contribution in [1.82, 2.24) is 10.2 Å². The highest BCUT2D eigenvalue weighted by atomic mass is 32.2. The van der Waals surface area contributed by atoms with Crippen LogP contribution in [0, 0.1) is 0 Å². The van der Waals surface area contributed by atoms with Crippen molar-refractivity contribution in [3.8, 4) is 0 Å². The van der Waals surface area contributed by atoms with Crippen molar-refractivity contribution in [2.24, 2.45) is 0 Å². The fraction of sp³-hybridized carbons (Fsp3) is 0.588. The number of carbonyl (C=O) groups excluding carboxylic acids is 1. The van der Waals surface area contributed by atoms with Crippen LogP contribution in [-0.4, -0.2) is 40.6 Å².